The predicted molar refractivity (Wildman–Crippen MR) is 66.3 cm³/mol. The first kappa shape index (κ1) is 15.7. The van der Waals surface area contributed by atoms with Crippen molar-refractivity contribution in [2.45, 2.75) is 18.6 Å². The minimum absolute atomic E-state index is 0.171. The van der Waals surface area contributed by atoms with Gasteiger partial charge in [-0.1, -0.05) is 0 Å². The van der Waals surface area contributed by atoms with Gasteiger partial charge in [0.25, 0.3) is 0 Å². The molecule has 0 spiro atoms. The molecule has 5 nitrogen and oxygen atoms in total. The summed E-state index contributed by atoms with van der Waals surface area (Å²) >= 11 is 1.61. The standard InChI is InChI=1S/C9H19NO4S2/c1-8(16(2,13)14)9(12)10-4-7-15-6-3-5-11/h8,11H,3-7H2,1-2H3,(H,10,12). The smallest absolute Gasteiger partial charge is 0.238 e. The molecule has 0 rings (SSSR count). The lowest BCUT2D eigenvalue weighted by Gasteiger charge is -2.09. The van der Waals surface area contributed by atoms with Gasteiger partial charge >= 0.3 is 0 Å². The minimum Gasteiger partial charge on any atom is -0.396 e. The Morgan fingerprint density at radius 1 is 1.44 bits per heavy atom. The van der Waals surface area contributed by atoms with Crippen molar-refractivity contribution >= 4 is 27.5 Å². The van der Waals surface area contributed by atoms with Crippen molar-refractivity contribution in [3.63, 3.8) is 0 Å². The van der Waals surface area contributed by atoms with Crippen LogP contribution in [-0.2, 0) is 14.6 Å². The van der Waals surface area contributed by atoms with Gasteiger partial charge in [0.05, 0.1) is 0 Å². The van der Waals surface area contributed by atoms with Crippen LogP contribution in [0.2, 0.25) is 0 Å². The summed E-state index contributed by atoms with van der Waals surface area (Å²) in [6.07, 6.45) is 1.78. The quantitative estimate of drug-likeness (QED) is 0.589. The highest BCUT2D eigenvalue weighted by Crippen LogP contribution is 2.01. The zero-order valence-corrected chi connectivity index (χ0v) is 11.2. The minimum atomic E-state index is -3.31. The van der Waals surface area contributed by atoms with Crippen LogP contribution in [0.3, 0.4) is 0 Å². The van der Waals surface area contributed by atoms with E-state index in [0.717, 1.165) is 24.2 Å². The van der Waals surface area contributed by atoms with Gasteiger partial charge < -0.3 is 10.4 Å². The Morgan fingerprint density at radius 2 is 2.06 bits per heavy atom. The second-order valence-corrected chi connectivity index (χ2v) is 7.04. The molecule has 96 valence electrons. The van der Waals surface area contributed by atoms with Crippen LogP contribution >= 0.6 is 11.8 Å². The van der Waals surface area contributed by atoms with Gasteiger partial charge in [-0.3, -0.25) is 4.79 Å². The van der Waals surface area contributed by atoms with Crippen LogP contribution in [0.4, 0.5) is 0 Å². The van der Waals surface area contributed by atoms with Gasteiger partial charge in [0, 0.05) is 25.2 Å². The molecule has 7 heteroatoms. The van der Waals surface area contributed by atoms with Gasteiger partial charge in [-0.2, -0.15) is 11.8 Å². The highest BCUT2D eigenvalue weighted by molar-refractivity contribution is 7.99. The summed E-state index contributed by atoms with van der Waals surface area (Å²) in [7, 11) is -3.31. The zero-order chi connectivity index (χ0) is 12.6. The fraction of sp³-hybridized carbons (Fsp3) is 0.889. The molecular formula is C9H19NO4S2. The van der Waals surface area contributed by atoms with Crippen LogP contribution in [0.15, 0.2) is 0 Å². The Balaban J connectivity index is 3.67. The molecule has 0 fully saturated rings. The van der Waals surface area contributed by atoms with Crippen molar-refractivity contribution in [3.05, 3.63) is 0 Å². The van der Waals surface area contributed by atoms with Gasteiger partial charge in [0.15, 0.2) is 9.84 Å². The van der Waals surface area contributed by atoms with E-state index < -0.39 is 21.0 Å². The Hall–Kier alpha value is -0.270. The lowest BCUT2D eigenvalue weighted by Crippen LogP contribution is -2.38. The molecule has 0 aliphatic heterocycles. The molecule has 0 aliphatic carbocycles. The summed E-state index contributed by atoms with van der Waals surface area (Å²) < 4.78 is 22.1. The third-order valence-corrected chi connectivity index (χ3v) is 4.57. The summed E-state index contributed by atoms with van der Waals surface area (Å²) in [5.74, 6) is 1.11. The van der Waals surface area contributed by atoms with E-state index in [1.54, 1.807) is 11.8 Å². The number of sulfone groups is 1. The second-order valence-electron chi connectivity index (χ2n) is 3.45. The highest BCUT2D eigenvalue weighted by atomic mass is 32.2. The maximum atomic E-state index is 11.3. The van der Waals surface area contributed by atoms with Crippen LogP contribution in [0.1, 0.15) is 13.3 Å². The van der Waals surface area contributed by atoms with Gasteiger partial charge in [-0.05, 0) is 19.1 Å². The number of thioether (sulfide) groups is 1. The molecule has 0 aromatic heterocycles. The lowest BCUT2D eigenvalue weighted by molar-refractivity contribution is -0.120. The molecule has 16 heavy (non-hydrogen) atoms. The number of hydrogen-bond acceptors (Lipinski definition) is 5. The number of carbonyl (C=O) groups is 1. The average Bonchev–Trinajstić information content (AvgIpc) is 2.20. The Morgan fingerprint density at radius 3 is 2.56 bits per heavy atom. The van der Waals surface area contributed by atoms with E-state index in [4.69, 9.17) is 5.11 Å². The van der Waals surface area contributed by atoms with Gasteiger partial charge in [0.1, 0.15) is 5.25 Å². The molecule has 1 unspecified atom stereocenters. The fourth-order valence-electron chi connectivity index (χ4n) is 0.853. The highest BCUT2D eigenvalue weighted by Gasteiger charge is 2.22. The summed E-state index contributed by atoms with van der Waals surface area (Å²) in [5, 5.41) is 10.1. The monoisotopic (exact) mass is 269 g/mol. The maximum absolute atomic E-state index is 11.3. The Kier molecular flexibility index (Phi) is 7.78. The summed E-state index contributed by atoms with van der Waals surface area (Å²) in [6.45, 7) is 2.00. The van der Waals surface area contributed by atoms with Crippen LogP contribution in [0.5, 0.6) is 0 Å². The van der Waals surface area contributed by atoms with Crippen molar-refractivity contribution in [1.29, 1.82) is 0 Å². The molecule has 0 heterocycles. The third kappa shape index (κ3) is 7.08. The number of carbonyl (C=O) groups excluding carboxylic acids is 1. The van der Waals surface area contributed by atoms with Crippen molar-refractivity contribution in [1.82, 2.24) is 5.32 Å². The van der Waals surface area contributed by atoms with Crippen LogP contribution in [0.25, 0.3) is 0 Å². The van der Waals surface area contributed by atoms with E-state index in [2.05, 4.69) is 5.32 Å². The van der Waals surface area contributed by atoms with Crippen LogP contribution in [0, 0.1) is 0 Å². The number of nitrogens with one attached hydrogen (secondary N) is 1. The molecule has 0 aromatic carbocycles. The largest absolute Gasteiger partial charge is 0.396 e. The van der Waals surface area contributed by atoms with E-state index in [1.807, 2.05) is 0 Å². The number of hydrogen-bond donors (Lipinski definition) is 2. The van der Waals surface area contributed by atoms with Gasteiger partial charge in [-0.25, -0.2) is 8.42 Å². The molecule has 0 saturated carbocycles. The first-order valence-corrected chi connectivity index (χ1v) is 8.15. The first-order chi connectivity index (χ1) is 7.39. The summed E-state index contributed by atoms with van der Waals surface area (Å²) in [5.41, 5.74) is 0. The Bertz CT molecular complexity index is 303. The predicted octanol–water partition coefficient (Wildman–Crippen LogP) is -0.349. The van der Waals surface area contributed by atoms with Gasteiger partial charge in [0.2, 0.25) is 5.91 Å². The molecule has 0 radical (unpaired) electrons. The van der Waals surface area contributed by atoms with E-state index in [0.29, 0.717) is 6.54 Å². The van der Waals surface area contributed by atoms with Crippen molar-refractivity contribution in [2.75, 3.05) is 30.9 Å². The molecule has 0 aromatic rings. The van der Waals surface area contributed by atoms with Gasteiger partial charge in [-0.15, -0.1) is 0 Å². The molecule has 1 atom stereocenters. The topological polar surface area (TPSA) is 83.5 Å². The van der Waals surface area contributed by atoms with Crippen LogP contribution < -0.4 is 5.32 Å². The summed E-state index contributed by atoms with van der Waals surface area (Å²) in [6, 6.07) is 0. The molecule has 0 bridgehead atoms. The number of aliphatic hydroxyl groups excluding tert-OH is 1. The number of aliphatic hydroxyl groups is 1. The van der Waals surface area contributed by atoms with E-state index >= 15 is 0 Å². The fourth-order valence-corrected chi connectivity index (χ4v) is 2.11. The second kappa shape index (κ2) is 7.92. The molecular weight excluding hydrogens is 250 g/mol. The Labute approximate surface area is 101 Å². The van der Waals surface area contributed by atoms with E-state index in [9.17, 15) is 13.2 Å². The van der Waals surface area contributed by atoms with Crippen molar-refractivity contribution < 1.29 is 18.3 Å². The molecule has 2 N–H and O–H groups in total. The van der Waals surface area contributed by atoms with Crippen LogP contribution in [-0.4, -0.2) is 55.6 Å². The van der Waals surface area contributed by atoms with Crippen molar-refractivity contribution in [3.8, 4) is 0 Å². The average molecular weight is 269 g/mol. The first-order valence-electron chi connectivity index (χ1n) is 5.04. The van der Waals surface area contributed by atoms with Crippen molar-refractivity contribution in [2.24, 2.45) is 0 Å². The number of amides is 1. The maximum Gasteiger partial charge on any atom is 0.238 e. The van der Waals surface area contributed by atoms with E-state index in [-0.39, 0.29) is 6.61 Å². The zero-order valence-electron chi connectivity index (χ0n) is 9.60. The number of rotatable bonds is 8. The molecule has 0 saturated heterocycles. The molecule has 1 amide bonds. The molecule has 0 aliphatic rings. The lowest BCUT2D eigenvalue weighted by atomic mass is 10.4. The summed E-state index contributed by atoms with van der Waals surface area (Å²) in [4.78, 5) is 11.3. The van der Waals surface area contributed by atoms with E-state index in [1.165, 1.54) is 6.92 Å². The normalized spacial score (nSPS) is 13.4. The SMILES string of the molecule is CC(C(=O)NCCSCCCO)S(C)(=O)=O. The third-order valence-electron chi connectivity index (χ3n) is 2.00.